The summed E-state index contributed by atoms with van der Waals surface area (Å²) in [7, 11) is 0. The van der Waals surface area contributed by atoms with Crippen LogP contribution in [-0.4, -0.2) is 37.5 Å². The number of carbonyl (C=O) groups is 1. The fourth-order valence-electron chi connectivity index (χ4n) is 2.80. The SMILES string of the molecule is CCN(Cc1ccccc1)C(=O)C(C)Sc1nnc(-c2ccccc2Br)n1N. The molecule has 1 atom stereocenters. The molecule has 0 saturated carbocycles. The molecule has 2 aromatic carbocycles. The summed E-state index contributed by atoms with van der Waals surface area (Å²) in [6, 6.07) is 17.6. The molecule has 0 aliphatic carbocycles. The third-order valence-corrected chi connectivity index (χ3v) is 6.05. The average molecular weight is 460 g/mol. The summed E-state index contributed by atoms with van der Waals surface area (Å²) in [4.78, 5) is 14.8. The minimum absolute atomic E-state index is 0.0433. The summed E-state index contributed by atoms with van der Waals surface area (Å²) in [5, 5.41) is 8.56. The molecule has 1 aromatic heterocycles. The lowest BCUT2D eigenvalue weighted by molar-refractivity contribution is -0.130. The van der Waals surface area contributed by atoms with Crippen LogP contribution in [0.1, 0.15) is 19.4 Å². The fraction of sp³-hybridized carbons (Fsp3) is 0.250. The Kier molecular flexibility index (Phi) is 6.74. The molecule has 1 amide bonds. The summed E-state index contributed by atoms with van der Waals surface area (Å²) in [6.45, 7) is 5.07. The third-order valence-electron chi connectivity index (χ3n) is 4.32. The molecule has 0 fully saturated rings. The number of aromatic nitrogens is 3. The summed E-state index contributed by atoms with van der Waals surface area (Å²) < 4.78 is 2.32. The summed E-state index contributed by atoms with van der Waals surface area (Å²) in [5.74, 6) is 6.80. The van der Waals surface area contributed by atoms with Crippen LogP contribution in [0.5, 0.6) is 0 Å². The molecule has 1 heterocycles. The Labute approximate surface area is 177 Å². The van der Waals surface area contributed by atoms with Crippen molar-refractivity contribution in [2.24, 2.45) is 0 Å². The van der Waals surface area contributed by atoms with Crippen LogP contribution in [0.4, 0.5) is 0 Å². The van der Waals surface area contributed by atoms with Crippen molar-refractivity contribution in [3.8, 4) is 11.4 Å². The van der Waals surface area contributed by atoms with E-state index < -0.39 is 0 Å². The highest BCUT2D eigenvalue weighted by Crippen LogP contribution is 2.29. The number of hydrogen-bond acceptors (Lipinski definition) is 5. The van der Waals surface area contributed by atoms with Crippen LogP contribution >= 0.6 is 27.7 Å². The van der Waals surface area contributed by atoms with Crippen LogP contribution in [-0.2, 0) is 11.3 Å². The maximum Gasteiger partial charge on any atom is 0.236 e. The van der Waals surface area contributed by atoms with Crippen molar-refractivity contribution in [2.75, 3.05) is 12.4 Å². The Hall–Kier alpha value is -2.32. The Morgan fingerprint density at radius 1 is 1.18 bits per heavy atom. The first-order chi connectivity index (χ1) is 13.5. The van der Waals surface area contributed by atoms with E-state index >= 15 is 0 Å². The molecule has 0 saturated heterocycles. The number of rotatable bonds is 7. The number of nitrogens with zero attached hydrogens (tertiary/aromatic N) is 4. The lowest BCUT2D eigenvalue weighted by atomic mass is 10.2. The topological polar surface area (TPSA) is 77.0 Å². The van der Waals surface area contributed by atoms with Gasteiger partial charge in [0, 0.05) is 23.1 Å². The number of hydrogen-bond donors (Lipinski definition) is 1. The molecule has 0 aliphatic heterocycles. The van der Waals surface area contributed by atoms with Crippen LogP contribution in [0.2, 0.25) is 0 Å². The second-order valence-electron chi connectivity index (χ2n) is 6.25. The molecule has 0 aliphatic rings. The molecule has 3 aromatic rings. The highest BCUT2D eigenvalue weighted by molar-refractivity contribution is 9.10. The lowest BCUT2D eigenvalue weighted by Gasteiger charge is -2.24. The number of halogens is 1. The van der Waals surface area contributed by atoms with Gasteiger partial charge in [-0.05, 0) is 31.5 Å². The Bertz CT molecular complexity index is 947. The van der Waals surface area contributed by atoms with E-state index in [9.17, 15) is 4.79 Å². The number of amides is 1. The molecule has 28 heavy (non-hydrogen) atoms. The van der Waals surface area contributed by atoms with Gasteiger partial charge in [-0.15, -0.1) is 10.2 Å². The second kappa shape index (κ2) is 9.25. The van der Waals surface area contributed by atoms with E-state index in [4.69, 9.17) is 5.84 Å². The number of nitrogen functional groups attached to an aromatic ring is 1. The molecule has 3 rings (SSSR count). The second-order valence-corrected chi connectivity index (χ2v) is 8.42. The van der Waals surface area contributed by atoms with Gasteiger partial charge in [0.1, 0.15) is 0 Å². The van der Waals surface area contributed by atoms with Crippen molar-refractivity contribution in [3.63, 3.8) is 0 Å². The van der Waals surface area contributed by atoms with Crippen molar-refractivity contribution < 1.29 is 4.79 Å². The molecule has 8 heteroatoms. The molecule has 0 bridgehead atoms. The van der Waals surface area contributed by atoms with Gasteiger partial charge in [0.25, 0.3) is 0 Å². The van der Waals surface area contributed by atoms with E-state index in [1.54, 1.807) is 0 Å². The predicted molar refractivity (Wildman–Crippen MR) is 116 cm³/mol. The van der Waals surface area contributed by atoms with Gasteiger partial charge in [0.2, 0.25) is 11.1 Å². The molecule has 0 spiro atoms. The maximum atomic E-state index is 12.9. The fourth-order valence-corrected chi connectivity index (χ4v) is 4.11. The molecule has 0 radical (unpaired) electrons. The normalized spacial score (nSPS) is 12.0. The Morgan fingerprint density at radius 2 is 1.86 bits per heavy atom. The Balaban J connectivity index is 1.73. The number of benzene rings is 2. The molecule has 146 valence electrons. The first-order valence-corrected chi connectivity index (χ1v) is 10.6. The van der Waals surface area contributed by atoms with Crippen molar-refractivity contribution in [3.05, 3.63) is 64.6 Å². The van der Waals surface area contributed by atoms with Crippen LogP contribution in [0.3, 0.4) is 0 Å². The first kappa shape index (κ1) is 20.4. The Morgan fingerprint density at radius 3 is 2.54 bits per heavy atom. The maximum absolute atomic E-state index is 12.9. The van der Waals surface area contributed by atoms with Crippen molar-refractivity contribution >= 4 is 33.6 Å². The molecular weight excluding hydrogens is 438 g/mol. The van der Waals surface area contributed by atoms with Gasteiger partial charge >= 0.3 is 0 Å². The van der Waals surface area contributed by atoms with E-state index in [0.717, 1.165) is 15.6 Å². The minimum atomic E-state index is -0.331. The zero-order chi connectivity index (χ0) is 20.1. The smallest absolute Gasteiger partial charge is 0.236 e. The van der Waals surface area contributed by atoms with Gasteiger partial charge in [-0.25, -0.2) is 4.68 Å². The van der Waals surface area contributed by atoms with Crippen molar-refractivity contribution in [1.82, 2.24) is 19.8 Å². The largest absolute Gasteiger partial charge is 0.338 e. The highest BCUT2D eigenvalue weighted by Gasteiger charge is 2.24. The summed E-state index contributed by atoms with van der Waals surface area (Å²) in [6.07, 6.45) is 0. The summed E-state index contributed by atoms with van der Waals surface area (Å²) in [5.41, 5.74) is 1.95. The lowest BCUT2D eigenvalue weighted by Crippen LogP contribution is -2.36. The minimum Gasteiger partial charge on any atom is -0.338 e. The summed E-state index contributed by atoms with van der Waals surface area (Å²) >= 11 is 4.82. The standard InChI is InChI=1S/C20H22BrN5OS/c1-3-25(13-15-9-5-4-6-10-15)19(27)14(2)28-20-24-23-18(26(20)22)16-11-7-8-12-17(16)21/h4-12,14H,3,13,22H2,1-2H3. The van der Waals surface area contributed by atoms with Crippen LogP contribution in [0.15, 0.2) is 64.2 Å². The predicted octanol–water partition coefficient (Wildman–Crippen LogP) is 3.95. The monoisotopic (exact) mass is 459 g/mol. The van der Waals surface area contributed by atoms with Crippen LogP contribution in [0, 0.1) is 0 Å². The van der Waals surface area contributed by atoms with Gasteiger partial charge in [0.05, 0.1) is 5.25 Å². The van der Waals surface area contributed by atoms with E-state index in [2.05, 4.69) is 26.1 Å². The van der Waals surface area contributed by atoms with Gasteiger partial charge in [-0.3, -0.25) is 4.79 Å². The van der Waals surface area contributed by atoms with E-state index in [1.165, 1.54) is 16.4 Å². The zero-order valence-electron chi connectivity index (χ0n) is 15.7. The van der Waals surface area contributed by atoms with Crippen LogP contribution < -0.4 is 5.84 Å². The first-order valence-electron chi connectivity index (χ1n) is 8.96. The van der Waals surface area contributed by atoms with Gasteiger partial charge < -0.3 is 10.7 Å². The molecule has 2 N–H and O–H groups in total. The van der Waals surface area contributed by atoms with E-state index in [0.29, 0.717) is 24.1 Å². The number of carbonyl (C=O) groups excluding carboxylic acids is 1. The molecular formula is C20H22BrN5OS. The van der Waals surface area contributed by atoms with Crippen LogP contribution in [0.25, 0.3) is 11.4 Å². The van der Waals surface area contributed by atoms with Crippen molar-refractivity contribution in [2.45, 2.75) is 30.8 Å². The van der Waals surface area contributed by atoms with Gasteiger partial charge in [-0.1, -0.05) is 70.2 Å². The van der Waals surface area contributed by atoms with Gasteiger partial charge in [-0.2, -0.15) is 0 Å². The zero-order valence-corrected chi connectivity index (χ0v) is 18.2. The van der Waals surface area contributed by atoms with E-state index in [1.807, 2.05) is 73.3 Å². The average Bonchev–Trinajstić information content (AvgIpc) is 3.07. The highest BCUT2D eigenvalue weighted by atomic mass is 79.9. The van der Waals surface area contributed by atoms with E-state index in [-0.39, 0.29) is 11.2 Å². The van der Waals surface area contributed by atoms with Crippen molar-refractivity contribution in [1.29, 1.82) is 0 Å². The number of nitrogens with two attached hydrogens (primary N) is 1. The molecule has 1 unspecified atom stereocenters. The number of thioether (sulfide) groups is 1. The third kappa shape index (κ3) is 4.56. The quantitative estimate of drug-likeness (QED) is 0.427. The van der Waals surface area contributed by atoms with Gasteiger partial charge in [0.15, 0.2) is 5.82 Å². The molecule has 6 nitrogen and oxygen atoms in total.